The second kappa shape index (κ2) is 4.51. The Morgan fingerprint density at radius 1 is 1.67 bits per heavy atom. The van der Waals surface area contributed by atoms with E-state index >= 15 is 0 Å². The van der Waals surface area contributed by atoms with E-state index < -0.39 is 5.54 Å². The van der Waals surface area contributed by atoms with E-state index in [4.69, 9.17) is 5.26 Å². The Bertz CT molecular complexity index is 384. The van der Waals surface area contributed by atoms with Crippen LogP contribution in [0.15, 0.2) is 18.5 Å². The van der Waals surface area contributed by atoms with E-state index in [1.165, 1.54) is 12.4 Å². The summed E-state index contributed by atoms with van der Waals surface area (Å²) in [5.74, 6) is -0.309. The molecule has 1 N–H and O–H groups in total. The summed E-state index contributed by atoms with van der Waals surface area (Å²) in [6.45, 7) is 3.52. The zero-order valence-electron chi connectivity index (χ0n) is 8.69. The molecule has 1 heterocycles. The van der Waals surface area contributed by atoms with Crippen molar-refractivity contribution in [3.63, 3.8) is 0 Å². The molecule has 1 atom stereocenters. The summed E-state index contributed by atoms with van der Waals surface area (Å²) in [6, 6.07) is 3.61. The molecule has 0 aliphatic rings. The largest absolute Gasteiger partial charge is 0.334 e. The fourth-order valence-corrected chi connectivity index (χ4v) is 0.943. The predicted octanol–water partition coefficient (Wildman–Crippen LogP) is 0.899. The first-order valence-corrected chi connectivity index (χ1v) is 4.62. The van der Waals surface area contributed by atoms with E-state index in [2.05, 4.69) is 21.6 Å². The highest BCUT2D eigenvalue weighted by Gasteiger charge is 2.24. The Morgan fingerprint density at radius 2 is 2.40 bits per heavy atom. The molecule has 15 heavy (non-hydrogen) atoms. The van der Waals surface area contributed by atoms with Crippen LogP contribution in [0, 0.1) is 11.3 Å². The third kappa shape index (κ3) is 2.74. The zero-order valence-corrected chi connectivity index (χ0v) is 8.69. The van der Waals surface area contributed by atoms with Crippen LogP contribution < -0.4 is 5.32 Å². The summed E-state index contributed by atoms with van der Waals surface area (Å²) < 4.78 is 0. The number of nitrogens with one attached hydrogen (secondary N) is 1. The summed E-state index contributed by atoms with van der Waals surface area (Å²) in [6.07, 6.45) is 3.35. The lowest BCUT2D eigenvalue weighted by Crippen LogP contribution is -2.44. The smallest absolute Gasteiger partial charge is 0.254 e. The van der Waals surface area contributed by atoms with Gasteiger partial charge in [-0.1, -0.05) is 6.92 Å². The molecule has 1 aromatic heterocycles. The lowest BCUT2D eigenvalue weighted by molar-refractivity contribution is 0.0922. The van der Waals surface area contributed by atoms with Crippen molar-refractivity contribution in [2.45, 2.75) is 25.8 Å². The number of rotatable bonds is 3. The van der Waals surface area contributed by atoms with Crippen LogP contribution in [-0.4, -0.2) is 21.6 Å². The number of nitriles is 1. The molecule has 0 fully saturated rings. The van der Waals surface area contributed by atoms with Crippen molar-refractivity contribution in [3.05, 3.63) is 24.0 Å². The van der Waals surface area contributed by atoms with Gasteiger partial charge in [-0.05, 0) is 19.4 Å². The van der Waals surface area contributed by atoms with E-state index in [1.54, 1.807) is 13.0 Å². The number of carbonyl (C=O) groups excluding carboxylic acids is 1. The van der Waals surface area contributed by atoms with Gasteiger partial charge in [0.25, 0.3) is 5.91 Å². The van der Waals surface area contributed by atoms with Gasteiger partial charge < -0.3 is 5.32 Å². The quantitative estimate of drug-likeness (QED) is 0.793. The Labute approximate surface area is 88.1 Å². The maximum absolute atomic E-state index is 11.6. The molecule has 0 saturated heterocycles. The molecule has 0 spiro atoms. The van der Waals surface area contributed by atoms with E-state index in [9.17, 15) is 4.79 Å². The van der Waals surface area contributed by atoms with Crippen LogP contribution in [0.3, 0.4) is 0 Å². The van der Waals surface area contributed by atoms with Crippen LogP contribution in [0.4, 0.5) is 0 Å². The Kier molecular flexibility index (Phi) is 3.34. The third-order valence-corrected chi connectivity index (χ3v) is 2.19. The van der Waals surface area contributed by atoms with Gasteiger partial charge >= 0.3 is 0 Å². The van der Waals surface area contributed by atoms with E-state index in [0.717, 1.165) is 0 Å². The summed E-state index contributed by atoms with van der Waals surface area (Å²) in [4.78, 5) is 11.6. The molecule has 0 aliphatic carbocycles. The predicted molar refractivity (Wildman–Crippen MR) is 53.8 cm³/mol. The van der Waals surface area contributed by atoms with Gasteiger partial charge in [0.05, 0.1) is 24.0 Å². The molecular formula is C10H12N4O. The molecule has 1 rings (SSSR count). The Morgan fingerprint density at radius 3 is 2.87 bits per heavy atom. The highest BCUT2D eigenvalue weighted by molar-refractivity contribution is 5.94. The lowest BCUT2D eigenvalue weighted by Gasteiger charge is -2.20. The van der Waals surface area contributed by atoms with Crippen molar-refractivity contribution in [3.8, 4) is 6.07 Å². The van der Waals surface area contributed by atoms with Gasteiger partial charge in [-0.25, -0.2) is 0 Å². The standard InChI is InChI=1S/C10H12N4O/c1-3-10(2,7-11)14-9(15)8-4-5-12-13-6-8/h4-6H,3H2,1-2H3,(H,14,15). The normalized spacial score (nSPS) is 13.7. The minimum Gasteiger partial charge on any atom is -0.334 e. The van der Waals surface area contributed by atoms with Crippen molar-refractivity contribution in [2.24, 2.45) is 0 Å². The van der Waals surface area contributed by atoms with Crippen molar-refractivity contribution in [1.82, 2.24) is 15.5 Å². The molecule has 5 nitrogen and oxygen atoms in total. The Balaban J connectivity index is 2.77. The van der Waals surface area contributed by atoms with Crippen LogP contribution in [0.2, 0.25) is 0 Å². The number of amides is 1. The van der Waals surface area contributed by atoms with E-state index in [1.807, 2.05) is 6.92 Å². The van der Waals surface area contributed by atoms with Crippen molar-refractivity contribution >= 4 is 5.91 Å². The van der Waals surface area contributed by atoms with Gasteiger partial charge in [-0.15, -0.1) is 0 Å². The highest BCUT2D eigenvalue weighted by atomic mass is 16.1. The number of nitrogens with zero attached hydrogens (tertiary/aromatic N) is 3. The molecule has 5 heteroatoms. The summed E-state index contributed by atoms with van der Waals surface area (Å²) >= 11 is 0. The summed E-state index contributed by atoms with van der Waals surface area (Å²) in [5, 5.41) is 18.7. The second-order valence-corrected chi connectivity index (χ2v) is 3.38. The zero-order chi connectivity index (χ0) is 11.3. The third-order valence-electron chi connectivity index (χ3n) is 2.19. The number of hydrogen-bond acceptors (Lipinski definition) is 4. The minimum atomic E-state index is -0.833. The van der Waals surface area contributed by atoms with Gasteiger partial charge in [0.2, 0.25) is 0 Å². The molecule has 0 bridgehead atoms. The van der Waals surface area contributed by atoms with Gasteiger partial charge in [-0.2, -0.15) is 15.5 Å². The molecule has 1 amide bonds. The fourth-order valence-electron chi connectivity index (χ4n) is 0.943. The van der Waals surface area contributed by atoms with Gasteiger partial charge in [0.15, 0.2) is 0 Å². The van der Waals surface area contributed by atoms with Crippen LogP contribution in [0.1, 0.15) is 30.6 Å². The van der Waals surface area contributed by atoms with E-state index in [-0.39, 0.29) is 5.91 Å². The molecule has 1 aromatic rings. The number of aromatic nitrogens is 2. The van der Waals surface area contributed by atoms with Crippen LogP contribution in [-0.2, 0) is 0 Å². The lowest BCUT2D eigenvalue weighted by atomic mass is 10.0. The molecule has 0 aromatic carbocycles. The topological polar surface area (TPSA) is 78.7 Å². The monoisotopic (exact) mass is 204 g/mol. The van der Waals surface area contributed by atoms with Crippen molar-refractivity contribution in [1.29, 1.82) is 5.26 Å². The first-order valence-electron chi connectivity index (χ1n) is 4.62. The van der Waals surface area contributed by atoms with Gasteiger partial charge in [0.1, 0.15) is 5.54 Å². The molecule has 0 saturated carbocycles. The minimum absolute atomic E-state index is 0.309. The first kappa shape index (κ1) is 11.1. The fraction of sp³-hybridized carbons (Fsp3) is 0.400. The summed E-state index contributed by atoms with van der Waals surface area (Å²) in [5.41, 5.74) is -0.430. The molecule has 1 unspecified atom stereocenters. The van der Waals surface area contributed by atoms with Gasteiger partial charge in [-0.3, -0.25) is 4.79 Å². The maximum Gasteiger partial charge on any atom is 0.254 e. The summed E-state index contributed by atoms with van der Waals surface area (Å²) in [7, 11) is 0. The number of carbonyl (C=O) groups is 1. The van der Waals surface area contributed by atoms with Gasteiger partial charge in [0, 0.05) is 0 Å². The molecular weight excluding hydrogens is 192 g/mol. The van der Waals surface area contributed by atoms with Crippen LogP contribution >= 0.6 is 0 Å². The Hall–Kier alpha value is -1.96. The average molecular weight is 204 g/mol. The molecule has 0 aliphatic heterocycles. The van der Waals surface area contributed by atoms with Crippen LogP contribution in [0.5, 0.6) is 0 Å². The maximum atomic E-state index is 11.6. The van der Waals surface area contributed by atoms with Crippen molar-refractivity contribution in [2.75, 3.05) is 0 Å². The van der Waals surface area contributed by atoms with Crippen LogP contribution in [0.25, 0.3) is 0 Å². The highest BCUT2D eigenvalue weighted by Crippen LogP contribution is 2.08. The van der Waals surface area contributed by atoms with Crippen molar-refractivity contribution < 1.29 is 4.79 Å². The SMILES string of the molecule is CCC(C)(C#N)NC(=O)c1ccnnc1. The second-order valence-electron chi connectivity index (χ2n) is 3.38. The van der Waals surface area contributed by atoms with E-state index in [0.29, 0.717) is 12.0 Å². The first-order chi connectivity index (χ1) is 7.11. The molecule has 78 valence electrons. The average Bonchev–Trinajstić information content (AvgIpc) is 2.30. The molecule has 0 radical (unpaired) electrons. The number of hydrogen-bond donors (Lipinski definition) is 1.